The molecule has 3 unspecified atom stereocenters. The molecule has 9 heteroatoms. The van der Waals surface area contributed by atoms with Crippen molar-refractivity contribution in [2.24, 2.45) is 5.92 Å². The fourth-order valence-corrected chi connectivity index (χ4v) is 6.01. The number of aliphatic hydroxyl groups excluding tert-OH is 1. The molecule has 1 aliphatic carbocycles. The van der Waals surface area contributed by atoms with Crippen molar-refractivity contribution in [3.63, 3.8) is 0 Å². The summed E-state index contributed by atoms with van der Waals surface area (Å²) in [4.78, 5) is 25.7. The molecule has 1 fully saturated rings. The number of urea groups is 1. The number of halogens is 2. The number of nitrogens with one attached hydrogen (secondary N) is 3. The number of esters is 1. The number of carbonyl (C=O) groups excluding carboxylic acids is 2. The van der Waals surface area contributed by atoms with Crippen LogP contribution in [0.5, 0.6) is 0 Å². The van der Waals surface area contributed by atoms with E-state index in [1.54, 1.807) is 6.92 Å². The van der Waals surface area contributed by atoms with Crippen molar-refractivity contribution >= 4 is 12.0 Å². The third-order valence-electron chi connectivity index (χ3n) is 8.38. The van der Waals surface area contributed by atoms with Crippen LogP contribution in [0.1, 0.15) is 96.8 Å². The van der Waals surface area contributed by atoms with Crippen LogP contribution in [0, 0.1) is 17.6 Å². The molecule has 44 heavy (non-hydrogen) atoms. The number of aliphatic hydroxyl groups is 1. The van der Waals surface area contributed by atoms with Gasteiger partial charge in [0.15, 0.2) is 0 Å². The zero-order valence-corrected chi connectivity index (χ0v) is 27.1. The summed E-state index contributed by atoms with van der Waals surface area (Å²) >= 11 is 0. The number of amides is 2. The van der Waals surface area contributed by atoms with Gasteiger partial charge in [-0.05, 0) is 72.8 Å². The lowest BCUT2D eigenvalue weighted by Gasteiger charge is -2.41. The van der Waals surface area contributed by atoms with Crippen LogP contribution in [-0.2, 0) is 26.9 Å². The monoisotopic (exact) mass is 615 g/mol. The van der Waals surface area contributed by atoms with Crippen LogP contribution in [0.4, 0.5) is 13.6 Å². The van der Waals surface area contributed by atoms with Crippen LogP contribution >= 0.6 is 0 Å². The van der Waals surface area contributed by atoms with Gasteiger partial charge in [-0.1, -0.05) is 78.1 Å². The highest BCUT2D eigenvalue weighted by molar-refractivity contribution is 5.83. The minimum Gasteiger partial charge on any atom is -0.464 e. The first-order chi connectivity index (χ1) is 20.7. The summed E-state index contributed by atoms with van der Waals surface area (Å²) in [5, 5.41) is 20.6. The second-order valence-corrected chi connectivity index (χ2v) is 13.6. The molecule has 3 rings (SSSR count). The highest BCUT2D eigenvalue weighted by Crippen LogP contribution is 2.38. The van der Waals surface area contributed by atoms with Crippen molar-refractivity contribution < 1.29 is 28.2 Å². The summed E-state index contributed by atoms with van der Waals surface area (Å²) < 4.78 is 33.3. The Kier molecular flexibility index (Phi) is 12.7. The Balaban J connectivity index is 1.84. The summed E-state index contributed by atoms with van der Waals surface area (Å²) in [5.74, 6) is -1.92. The lowest BCUT2D eigenvalue weighted by atomic mass is 9.74. The largest absolute Gasteiger partial charge is 0.464 e. The summed E-state index contributed by atoms with van der Waals surface area (Å²) in [5.41, 5.74) is 2.30. The molecule has 0 bridgehead atoms. The fourth-order valence-electron chi connectivity index (χ4n) is 6.01. The van der Waals surface area contributed by atoms with Crippen molar-refractivity contribution in [3.8, 4) is 0 Å². The maximum atomic E-state index is 14.1. The van der Waals surface area contributed by atoms with E-state index in [2.05, 4.69) is 61.0 Å². The van der Waals surface area contributed by atoms with Gasteiger partial charge in [0, 0.05) is 18.2 Å². The summed E-state index contributed by atoms with van der Waals surface area (Å²) in [6.07, 6.45) is 4.26. The molecule has 0 spiro atoms. The molecule has 2 amide bonds. The molecular weight excluding hydrogens is 564 g/mol. The lowest BCUT2D eigenvalue weighted by Crippen LogP contribution is -2.56. The lowest BCUT2D eigenvalue weighted by molar-refractivity contribution is -0.145. The normalized spacial score (nSPS) is 17.0. The van der Waals surface area contributed by atoms with Gasteiger partial charge in [-0.2, -0.15) is 0 Å². The number of ether oxygens (including phenoxy) is 1. The van der Waals surface area contributed by atoms with E-state index >= 15 is 0 Å². The minimum atomic E-state index is -1.11. The smallest absolute Gasteiger partial charge is 0.328 e. The van der Waals surface area contributed by atoms with Crippen molar-refractivity contribution in [1.29, 1.82) is 0 Å². The number of rotatable bonds is 13. The second-order valence-electron chi connectivity index (χ2n) is 13.6. The van der Waals surface area contributed by atoms with Gasteiger partial charge in [0.05, 0.1) is 18.8 Å². The van der Waals surface area contributed by atoms with E-state index in [0.29, 0.717) is 12.0 Å². The molecule has 1 saturated carbocycles. The molecule has 0 aromatic heterocycles. The van der Waals surface area contributed by atoms with Crippen LogP contribution < -0.4 is 16.0 Å². The molecule has 7 nitrogen and oxygen atoms in total. The predicted molar refractivity (Wildman–Crippen MR) is 169 cm³/mol. The van der Waals surface area contributed by atoms with Gasteiger partial charge in [-0.25, -0.2) is 18.4 Å². The van der Waals surface area contributed by atoms with E-state index in [0.717, 1.165) is 43.7 Å². The molecule has 1 aliphatic rings. The van der Waals surface area contributed by atoms with Crippen LogP contribution in [0.2, 0.25) is 0 Å². The van der Waals surface area contributed by atoms with Crippen LogP contribution in [0.3, 0.4) is 0 Å². The van der Waals surface area contributed by atoms with Crippen LogP contribution in [0.25, 0.3) is 0 Å². The second kappa shape index (κ2) is 15.8. The van der Waals surface area contributed by atoms with Crippen molar-refractivity contribution in [2.75, 3.05) is 13.2 Å². The summed E-state index contributed by atoms with van der Waals surface area (Å²) in [6.45, 7) is 12.4. The van der Waals surface area contributed by atoms with Gasteiger partial charge in [0.1, 0.15) is 17.7 Å². The summed E-state index contributed by atoms with van der Waals surface area (Å²) in [6, 6.07) is 9.29. The molecule has 2 aromatic carbocycles. The Hall–Kier alpha value is -3.04. The van der Waals surface area contributed by atoms with E-state index in [4.69, 9.17) is 4.74 Å². The number of hydrogen-bond acceptors (Lipinski definition) is 5. The zero-order valence-electron chi connectivity index (χ0n) is 27.1. The maximum absolute atomic E-state index is 14.1. The Labute approximate surface area is 261 Å². The van der Waals surface area contributed by atoms with E-state index in [1.807, 2.05) is 13.8 Å². The zero-order chi connectivity index (χ0) is 32.5. The molecule has 0 aliphatic heterocycles. The Morgan fingerprint density at radius 2 is 1.66 bits per heavy atom. The molecule has 3 atom stereocenters. The highest BCUT2D eigenvalue weighted by atomic mass is 19.1. The van der Waals surface area contributed by atoms with Gasteiger partial charge in [0.2, 0.25) is 0 Å². The van der Waals surface area contributed by atoms with Crippen molar-refractivity contribution in [2.45, 2.75) is 116 Å². The van der Waals surface area contributed by atoms with Gasteiger partial charge in [-0.3, -0.25) is 0 Å². The van der Waals surface area contributed by atoms with Crippen LogP contribution in [0.15, 0.2) is 42.5 Å². The minimum absolute atomic E-state index is 0.0221. The molecule has 0 radical (unpaired) electrons. The average molecular weight is 616 g/mol. The van der Waals surface area contributed by atoms with Crippen LogP contribution in [-0.4, -0.2) is 48.4 Å². The topological polar surface area (TPSA) is 99.7 Å². The standard InChI is InChI=1S/C35H51F2N3O4/c1-7-44-32(42)30(16-23(2)3)40-33(43)39-29(19-24-17-27(36)21-28(37)18-24)31(41)22-38-35(14-9-8-10-15-35)26-13-11-12-25(20-26)34(4,5)6/h11-13,17-18,20-21,23,29-31,38,41H,7-10,14-16,19,22H2,1-6H3,(H2,39,40,43). The molecule has 244 valence electrons. The first-order valence-corrected chi connectivity index (χ1v) is 15.9. The summed E-state index contributed by atoms with van der Waals surface area (Å²) in [7, 11) is 0. The van der Waals surface area contributed by atoms with Gasteiger partial charge in [0.25, 0.3) is 0 Å². The van der Waals surface area contributed by atoms with E-state index < -0.39 is 41.8 Å². The number of hydrogen-bond donors (Lipinski definition) is 4. The fraction of sp³-hybridized carbons (Fsp3) is 0.600. The highest BCUT2D eigenvalue weighted by Gasteiger charge is 2.36. The molecule has 0 heterocycles. The quantitative estimate of drug-likeness (QED) is 0.199. The average Bonchev–Trinajstić information content (AvgIpc) is 2.94. The third kappa shape index (κ3) is 10.3. The predicted octanol–water partition coefficient (Wildman–Crippen LogP) is 6.26. The van der Waals surface area contributed by atoms with Gasteiger partial charge in [-0.15, -0.1) is 0 Å². The van der Waals surface area contributed by atoms with Crippen molar-refractivity contribution in [3.05, 3.63) is 70.8 Å². The van der Waals surface area contributed by atoms with Crippen molar-refractivity contribution in [1.82, 2.24) is 16.0 Å². The molecule has 2 aromatic rings. The van der Waals surface area contributed by atoms with Gasteiger partial charge >= 0.3 is 12.0 Å². The Morgan fingerprint density at radius 3 is 2.25 bits per heavy atom. The Morgan fingerprint density at radius 1 is 1.00 bits per heavy atom. The van der Waals surface area contributed by atoms with E-state index in [9.17, 15) is 23.5 Å². The van der Waals surface area contributed by atoms with Gasteiger partial charge < -0.3 is 25.8 Å². The third-order valence-corrected chi connectivity index (χ3v) is 8.38. The van der Waals surface area contributed by atoms with E-state index in [1.165, 1.54) is 17.7 Å². The maximum Gasteiger partial charge on any atom is 0.328 e. The molecule has 4 N–H and O–H groups in total. The number of carbonyl (C=O) groups is 2. The number of benzene rings is 2. The Bertz CT molecular complexity index is 1220. The van der Waals surface area contributed by atoms with E-state index in [-0.39, 0.29) is 36.4 Å². The molecule has 0 saturated heterocycles. The SMILES string of the molecule is CCOC(=O)C(CC(C)C)NC(=O)NC(Cc1cc(F)cc(F)c1)C(O)CNC1(c2cccc(C(C)(C)C)c2)CCCCC1. The molecular formula is C35H51F2N3O4. The first kappa shape index (κ1) is 35.4. The first-order valence-electron chi connectivity index (χ1n) is 15.9.